The number of hydrogen-bond acceptors (Lipinski definition) is 3. The molecule has 2 N–H and O–H groups in total. The highest BCUT2D eigenvalue weighted by molar-refractivity contribution is 5.76. The molecule has 0 aromatic rings. The summed E-state index contributed by atoms with van der Waals surface area (Å²) in [6.45, 7) is 14.7. The lowest BCUT2D eigenvalue weighted by Crippen LogP contribution is -2.39. The minimum atomic E-state index is 0.0868. The number of carbonyl (C=O) groups excluding carboxylic acids is 1. The van der Waals surface area contributed by atoms with Crippen LogP contribution < -0.4 is 10.6 Å². The van der Waals surface area contributed by atoms with E-state index in [9.17, 15) is 4.79 Å². The zero-order valence-corrected chi connectivity index (χ0v) is 13.3. The fourth-order valence-electron chi connectivity index (χ4n) is 2.40. The molecule has 1 aliphatic rings. The summed E-state index contributed by atoms with van der Waals surface area (Å²) in [5.74, 6) is 0.793. The van der Waals surface area contributed by atoms with Crippen molar-refractivity contribution < 1.29 is 4.79 Å². The molecule has 1 fully saturated rings. The van der Waals surface area contributed by atoms with Gasteiger partial charge in [0.15, 0.2) is 0 Å². The van der Waals surface area contributed by atoms with Gasteiger partial charge in [0.1, 0.15) is 0 Å². The van der Waals surface area contributed by atoms with Crippen molar-refractivity contribution in [1.82, 2.24) is 15.5 Å². The Hall–Kier alpha value is -0.610. The van der Waals surface area contributed by atoms with Gasteiger partial charge in [-0.3, -0.25) is 4.79 Å². The molecule has 0 saturated carbocycles. The fraction of sp³-hybridized carbons (Fsp3) is 0.933. The van der Waals surface area contributed by atoms with Gasteiger partial charge in [-0.15, -0.1) is 0 Å². The van der Waals surface area contributed by atoms with Crippen LogP contribution in [0.1, 0.15) is 47.5 Å². The zero-order chi connectivity index (χ0) is 14.5. The summed E-state index contributed by atoms with van der Waals surface area (Å²) in [5, 5.41) is 6.40. The third kappa shape index (κ3) is 6.92. The Balaban J connectivity index is 2.11. The van der Waals surface area contributed by atoms with E-state index in [1.54, 1.807) is 0 Å². The molecule has 4 nitrogen and oxygen atoms in total. The highest BCUT2D eigenvalue weighted by Crippen LogP contribution is 2.17. The van der Waals surface area contributed by atoms with Gasteiger partial charge < -0.3 is 15.5 Å². The highest BCUT2D eigenvalue weighted by Gasteiger charge is 2.24. The SMILES string of the molecule is CC(C)N1CCC(CNC(=O)CCNC(C)(C)C)C1. The van der Waals surface area contributed by atoms with Gasteiger partial charge in [-0.25, -0.2) is 0 Å². The molecule has 0 aromatic heterocycles. The number of nitrogens with one attached hydrogen (secondary N) is 2. The van der Waals surface area contributed by atoms with E-state index in [-0.39, 0.29) is 11.4 Å². The maximum absolute atomic E-state index is 11.7. The number of likely N-dealkylation sites (tertiary alicyclic amines) is 1. The summed E-state index contributed by atoms with van der Waals surface area (Å²) in [7, 11) is 0. The van der Waals surface area contributed by atoms with E-state index in [1.807, 2.05) is 0 Å². The fourth-order valence-corrected chi connectivity index (χ4v) is 2.40. The zero-order valence-electron chi connectivity index (χ0n) is 13.3. The lowest BCUT2D eigenvalue weighted by Gasteiger charge is -2.21. The summed E-state index contributed by atoms with van der Waals surface area (Å²) in [6, 6.07) is 0.622. The van der Waals surface area contributed by atoms with E-state index in [1.165, 1.54) is 13.0 Å². The van der Waals surface area contributed by atoms with Crippen LogP contribution in [0.3, 0.4) is 0 Å². The molecule has 4 heteroatoms. The van der Waals surface area contributed by atoms with Crippen molar-refractivity contribution in [2.75, 3.05) is 26.2 Å². The largest absolute Gasteiger partial charge is 0.356 e. The molecule has 1 aliphatic heterocycles. The van der Waals surface area contributed by atoms with Crippen molar-refractivity contribution >= 4 is 5.91 Å². The van der Waals surface area contributed by atoms with Gasteiger partial charge in [0, 0.05) is 37.6 Å². The molecule has 1 heterocycles. The molecule has 0 aliphatic carbocycles. The summed E-state index contributed by atoms with van der Waals surface area (Å²) in [4.78, 5) is 14.2. The summed E-state index contributed by atoms with van der Waals surface area (Å²) in [5.41, 5.74) is 0.0868. The monoisotopic (exact) mass is 269 g/mol. The van der Waals surface area contributed by atoms with Crippen LogP contribution in [-0.4, -0.2) is 48.6 Å². The van der Waals surface area contributed by atoms with Crippen molar-refractivity contribution in [1.29, 1.82) is 0 Å². The van der Waals surface area contributed by atoms with Gasteiger partial charge in [0.05, 0.1) is 0 Å². The lowest BCUT2D eigenvalue weighted by molar-refractivity contribution is -0.121. The quantitative estimate of drug-likeness (QED) is 0.770. The third-order valence-corrected chi connectivity index (χ3v) is 3.64. The van der Waals surface area contributed by atoms with Crippen molar-refractivity contribution in [3.8, 4) is 0 Å². The number of nitrogens with zero attached hydrogens (tertiary/aromatic N) is 1. The Labute approximate surface area is 118 Å². The highest BCUT2D eigenvalue weighted by atomic mass is 16.1. The second kappa shape index (κ2) is 7.25. The molecular weight excluding hydrogens is 238 g/mol. The molecule has 0 radical (unpaired) electrons. The van der Waals surface area contributed by atoms with Crippen molar-refractivity contribution in [2.45, 2.75) is 59.0 Å². The Morgan fingerprint density at radius 3 is 2.58 bits per heavy atom. The van der Waals surface area contributed by atoms with E-state index in [0.717, 1.165) is 19.6 Å². The van der Waals surface area contributed by atoms with E-state index >= 15 is 0 Å². The maximum Gasteiger partial charge on any atom is 0.221 e. The molecule has 1 atom stereocenters. The number of amides is 1. The van der Waals surface area contributed by atoms with E-state index in [0.29, 0.717) is 18.4 Å². The molecule has 1 unspecified atom stereocenters. The second-order valence-corrected chi connectivity index (χ2v) is 6.97. The maximum atomic E-state index is 11.7. The molecule has 19 heavy (non-hydrogen) atoms. The normalized spacial score (nSPS) is 21.1. The van der Waals surface area contributed by atoms with E-state index < -0.39 is 0 Å². The Kier molecular flexibility index (Phi) is 6.27. The smallest absolute Gasteiger partial charge is 0.221 e. The first-order valence-electron chi connectivity index (χ1n) is 7.53. The molecule has 1 amide bonds. The number of hydrogen-bond donors (Lipinski definition) is 2. The Bertz CT molecular complexity index is 284. The molecule has 0 bridgehead atoms. The van der Waals surface area contributed by atoms with Crippen LogP contribution in [0.4, 0.5) is 0 Å². The molecular formula is C15H31N3O. The van der Waals surface area contributed by atoms with Crippen molar-refractivity contribution in [2.24, 2.45) is 5.92 Å². The van der Waals surface area contributed by atoms with Crippen LogP contribution in [0.5, 0.6) is 0 Å². The van der Waals surface area contributed by atoms with Crippen LogP contribution in [-0.2, 0) is 4.79 Å². The first kappa shape index (κ1) is 16.4. The lowest BCUT2D eigenvalue weighted by atomic mass is 10.1. The van der Waals surface area contributed by atoms with Crippen LogP contribution in [0.2, 0.25) is 0 Å². The minimum absolute atomic E-state index is 0.0868. The average Bonchev–Trinajstić information content (AvgIpc) is 2.73. The standard InChI is InChI=1S/C15H31N3O/c1-12(2)18-9-7-13(11-18)10-16-14(19)6-8-17-15(3,4)5/h12-13,17H,6-11H2,1-5H3,(H,16,19). The van der Waals surface area contributed by atoms with Gasteiger partial charge in [-0.1, -0.05) is 0 Å². The number of carbonyl (C=O) groups is 1. The predicted molar refractivity (Wildman–Crippen MR) is 80.2 cm³/mol. The minimum Gasteiger partial charge on any atom is -0.356 e. The summed E-state index contributed by atoms with van der Waals surface area (Å²) in [6.07, 6.45) is 1.77. The van der Waals surface area contributed by atoms with Crippen LogP contribution in [0.25, 0.3) is 0 Å². The van der Waals surface area contributed by atoms with Crippen LogP contribution >= 0.6 is 0 Å². The molecule has 0 spiro atoms. The van der Waals surface area contributed by atoms with Gasteiger partial charge in [0.2, 0.25) is 5.91 Å². The van der Waals surface area contributed by atoms with Crippen molar-refractivity contribution in [3.63, 3.8) is 0 Å². The van der Waals surface area contributed by atoms with E-state index in [2.05, 4.69) is 50.2 Å². The first-order valence-corrected chi connectivity index (χ1v) is 7.53. The summed E-state index contributed by atoms with van der Waals surface area (Å²) < 4.78 is 0. The molecule has 0 aromatic carbocycles. The Morgan fingerprint density at radius 1 is 1.37 bits per heavy atom. The molecule has 112 valence electrons. The second-order valence-electron chi connectivity index (χ2n) is 6.97. The molecule has 1 rings (SSSR count). The van der Waals surface area contributed by atoms with Crippen LogP contribution in [0.15, 0.2) is 0 Å². The van der Waals surface area contributed by atoms with Crippen molar-refractivity contribution in [3.05, 3.63) is 0 Å². The number of rotatable bonds is 6. The van der Waals surface area contributed by atoms with E-state index in [4.69, 9.17) is 0 Å². The predicted octanol–water partition coefficient (Wildman–Crippen LogP) is 1.61. The van der Waals surface area contributed by atoms with Gasteiger partial charge in [-0.2, -0.15) is 0 Å². The van der Waals surface area contributed by atoms with Gasteiger partial charge in [-0.05, 0) is 53.5 Å². The summed E-state index contributed by atoms with van der Waals surface area (Å²) >= 11 is 0. The topological polar surface area (TPSA) is 44.4 Å². The Morgan fingerprint density at radius 2 is 2.05 bits per heavy atom. The first-order chi connectivity index (χ1) is 8.78. The van der Waals surface area contributed by atoms with Gasteiger partial charge >= 0.3 is 0 Å². The average molecular weight is 269 g/mol. The third-order valence-electron chi connectivity index (χ3n) is 3.64. The molecule has 1 saturated heterocycles. The van der Waals surface area contributed by atoms with Crippen LogP contribution in [0, 0.1) is 5.92 Å². The van der Waals surface area contributed by atoms with Gasteiger partial charge in [0.25, 0.3) is 0 Å².